The van der Waals surface area contributed by atoms with E-state index in [0.717, 1.165) is 17.1 Å². The second kappa shape index (κ2) is 8.00. The molecule has 2 atom stereocenters. The third-order valence-corrected chi connectivity index (χ3v) is 6.12. The number of pyridine rings is 1. The van der Waals surface area contributed by atoms with Crippen molar-refractivity contribution in [2.75, 3.05) is 4.90 Å². The zero-order valence-corrected chi connectivity index (χ0v) is 18.4. The van der Waals surface area contributed by atoms with Crippen molar-refractivity contribution in [1.82, 2.24) is 14.9 Å². The molecule has 2 aromatic heterocycles. The summed E-state index contributed by atoms with van der Waals surface area (Å²) in [5.41, 5.74) is 6.76. The average molecular weight is 425 g/mol. The SMILES string of the molecule is Cc1cccc(N2C(=S)N[C@@H](c3ccccn3)[C@H]2c2ccc(C)n2-c2ccccc2)c1. The highest BCUT2D eigenvalue weighted by Gasteiger charge is 2.42. The molecule has 5 rings (SSSR count). The van der Waals surface area contributed by atoms with Crippen LogP contribution < -0.4 is 10.2 Å². The van der Waals surface area contributed by atoms with Crippen molar-refractivity contribution in [2.24, 2.45) is 0 Å². The zero-order chi connectivity index (χ0) is 21.4. The van der Waals surface area contributed by atoms with Crippen LogP contribution in [0.5, 0.6) is 0 Å². The monoisotopic (exact) mass is 424 g/mol. The first-order valence-corrected chi connectivity index (χ1v) is 10.9. The van der Waals surface area contributed by atoms with E-state index in [1.165, 1.54) is 17.0 Å². The molecule has 4 nitrogen and oxygen atoms in total. The smallest absolute Gasteiger partial charge is 0.174 e. The van der Waals surface area contributed by atoms with Crippen molar-refractivity contribution < 1.29 is 0 Å². The predicted octanol–water partition coefficient (Wildman–Crippen LogP) is 5.67. The van der Waals surface area contributed by atoms with E-state index in [1.54, 1.807) is 0 Å². The highest BCUT2D eigenvalue weighted by atomic mass is 32.1. The van der Waals surface area contributed by atoms with Crippen LogP contribution in [-0.4, -0.2) is 14.7 Å². The molecule has 1 N–H and O–H groups in total. The highest BCUT2D eigenvalue weighted by Crippen LogP contribution is 2.42. The van der Waals surface area contributed by atoms with Gasteiger partial charge in [0, 0.05) is 29.0 Å². The normalized spacial score (nSPS) is 18.3. The van der Waals surface area contributed by atoms with Crippen LogP contribution in [0.3, 0.4) is 0 Å². The van der Waals surface area contributed by atoms with Crippen LogP contribution in [0.15, 0.2) is 91.1 Å². The summed E-state index contributed by atoms with van der Waals surface area (Å²) in [4.78, 5) is 6.90. The summed E-state index contributed by atoms with van der Waals surface area (Å²) in [6, 6.07) is 29.3. The van der Waals surface area contributed by atoms with Crippen LogP contribution in [0.1, 0.15) is 34.7 Å². The molecule has 1 aliphatic heterocycles. The lowest BCUT2D eigenvalue weighted by atomic mass is 10.0. The fourth-order valence-corrected chi connectivity index (χ4v) is 4.78. The second-order valence-corrected chi connectivity index (χ2v) is 8.29. The minimum Gasteiger partial charge on any atom is -0.351 e. The van der Waals surface area contributed by atoms with Gasteiger partial charge in [0.2, 0.25) is 0 Å². The van der Waals surface area contributed by atoms with Gasteiger partial charge in [-0.15, -0.1) is 0 Å². The van der Waals surface area contributed by atoms with E-state index in [2.05, 4.69) is 100 Å². The van der Waals surface area contributed by atoms with Gasteiger partial charge in [0.1, 0.15) is 6.04 Å². The highest BCUT2D eigenvalue weighted by molar-refractivity contribution is 7.80. The fraction of sp³-hybridized carbons (Fsp3) is 0.154. The molecule has 1 fully saturated rings. The van der Waals surface area contributed by atoms with E-state index in [4.69, 9.17) is 12.2 Å². The molecule has 0 spiro atoms. The maximum Gasteiger partial charge on any atom is 0.174 e. The van der Waals surface area contributed by atoms with Crippen molar-refractivity contribution in [3.63, 3.8) is 0 Å². The Balaban J connectivity index is 1.71. The van der Waals surface area contributed by atoms with Crippen LogP contribution in [0.25, 0.3) is 5.69 Å². The average Bonchev–Trinajstić information content (AvgIpc) is 3.34. The molecule has 154 valence electrons. The predicted molar refractivity (Wildman–Crippen MR) is 130 cm³/mol. The number of nitrogens with one attached hydrogen (secondary N) is 1. The molecule has 0 aliphatic carbocycles. The molecular weight excluding hydrogens is 400 g/mol. The van der Waals surface area contributed by atoms with Crippen molar-refractivity contribution in [3.8, 4) is 5.69 Å². The third-order valence-electron chi connectivity index (χ3n) is 5.80. The van der Waals surface area contributed by atoms with Crippen molar-refractivity contribution >= 4 is 23.0 Å². The van der Waals surface area contributed by atoms with Crippen LogP contribution in [-0.2, 0) is 0 Å². The number of aromatic nitrogens is 2. The lowest BCUT2D eigenvalue weighted by molar-refractivity contribution is 0.548. The number of para-hydroxylation sites is 1. The van der Waals surface area contributed by atoms with Gasteiger partial charge in [-0.3, -0.25) is 4.98 Å². The van der Waals surface area contributed by atoms with Crippen LogP contribution >= 0.6 is 12.2 Å². The van der Waals surface area contributed by atoms with Crippen molar-refractivity contribution in [3.05, 3.63) is 114 Å². The van der Waals surface area contributed by atoms with Gasteiger partial charge in [0.05, 0.1) is 11.7 Å². The Morgan fingerprint density at radius 2 is 1.61 bits per heavy atom. The summed E-state index contributed by atoms with van der Waals surface area (Å²) in [6.45, 7) is 4.25. The number of benzene rings is 2. The van der Waals surface area contributed by atoms with Gasteiger partial charge in [-0.2, -0.15) is 0 Å². The number of nitrogens with zero attached hydrogens (tertiary/aromatic N) is 3. The molecule has 0 unspecified atom stereocenters. The molecular formula is C26H24N4S. The second-order valence-electron chi connectivity index (χ2n) is 7.91. The Hall–Kier alpha value is -3.44. The molecule has 31 heavy (non-hydrogen) atoms. The van der Waals surface area contributed by atoms with E-state index in [-0.39, 0.29) is 12.1 Å². The Kier molecular flexibility index (Phi) is 5.04. The summed E-state index contributed by atoms with van der Waals surface area (Å²) in [5, 5.41) is 4.27. The van der Waals surface area contributed by atoms with Gasteiger partial charge >= 0.3 is 0 Å². The zero-order valence-electron chi connectivity index (χ0n) is 17.6. The summed E-state index contributed by atoms with van der Waals surface area (Å²) in [6.07, 6.45) is 1.84. The van der Waals surface area contributed by atoms with Gasteiger partial charge < -0.3 is 14.8 Å². The molecule has 2 aromatic carbocycles. The topological polar surface area (TPSA) is 33.1 Å². The number of hydrogen-bond donors (Lipinski definition) is 1. The van der Waals surface area contributed by atoms with Crippen molar-refractivity contribution in [1.29, 1.82) is 0 Å². The molecule has 3 heterocycles. The molecule has 0 bridgehead atoms. The maximum atomic E-state index is 5.86. The first kappa shape index (κ1) is 19.5. The molecule has 0 radical (unpaired) electrons. The molecule has 1 aliphatic rings. The molecule has 4 aromatic rings. The summed E-state index contributed by atoms with van der Waals surface area (Å²) in [5.74, 6) is 0. The first-order valence-electron chi connectivity index (χ1n) is 10.4. The van der Waals surface area contributed by atoms with E-state index in [9.17, 15) is 0 Å². The van der Waals surface area contributed by atoms with E-state index < -0.39 is 0 Å². The first-order chi connectivity index (χ1) is 15.1. The van der Waals surface area contributed by atoms with Gasteiger partial charge in [0.25, 0.3) is 0 Å². The quantitative estimate of drug-likeness (QED) is 0.428. The summed E-state index contributed by atoms with van der Waals surface area (Å²) < 4.78 is 2.32. The lowest BCUT2D eigenvalue weighted by Crippen LogP contribution is -2.30. The number of rotatable bonds is 4. The molecule has 5 heteroatoms. The largest absolute Gasteiger partial charge is 0.351 e. The van der Waals surface area contributed by atoms with Gasteiger partial charge in [-0.05, 0) is 80.2 Å². The van der Waals surface area contributed by atoms with E-state index in [1.807, 2.05) is 24.4 Å². The number of hydrogen-bond acceptors (Lipinski definition) is 2. The standard InChI is InChI=1S/C26H24N4S/c1-18-9-8-12-21(17-18)30-25(24(28-26(30)31)22-13-6-7-16-27-22)23-15-14-19(2)29(23)20-10-4-3-5-11-20/h3-17,24-25H,1-2H3,(H,28,31)/t24-,25+/m0/s1. The maximum absolute atomic E-state index is 5.86. The van der Waals surface area contributed by atoms with Crippen molar-refractivity contribution in [2.45, 2.75) is 25.9 Å². The minimum atomic E-state index is -0.0639. The van der Waals surface area contributed by atoms with Crippen LogP contribution in [0.4, 0.5) is 5.69 Å². The minimum absolute atomic E-state index is 0.0434. The van der Waals surface area contributed by atoms with Crippen LogP contribution in [0, 0.1) is 13.8 Å². The number of aryl methyl sites for hydroxylation is 2. The van der Waals surface area contributed by atoms with Crippen LogP contribution in [0.2, 0.25) is 0 Å². The summed E-state index contributed by atoms with van der Waals surface area (Å²) in [7, 11) is 0. The fourth-order valence-electron chi connectivity index (χ4n) is 4.43. The van der Waals surface area contributed by atoms with E-state index >= 15 is 0 Å². The summed E-state index contributed by atoms with van der Waals surface area (Å²) >= 11 is 5.86. The van der Waals surface area contributed by atoms with Gasteiger partial charge in [0.15, 0.2) is 5.11 Å². The van der Waals surface area contributed by atoms with Gasteiger partial charge in [-0.1, -0.05) is 36.4 Å². The lowest BCUT2D eigenvalue weighted by Gasteiger charge is -2.29. The van der Waals surface area contributed by atoms with E-state index in [0.29, 0.717) is 5.11 Å². The van der Waals surface area contributed by atoms with Gasteiger partial charge in [-0.25, -0.2) is 0 Å². The molecule has 1 saturated heterocycles. The number of thiocarbonyl (C=S) groups is 1. The molecule has 0 saturated carbocycles. The Bertz CT molecular complexity index is 1220. The Labute approximate surface area is 188 Å². The Morgan fingerprint density at radius 3 is 2.35 bits per heavy atom. The third kappa shape index (κ3) is 3.51. The number of anilines is 1. The molecule has 0 amide bonds. The Morgan fingerprint density at radius 1 is 0.839 bits per heavy atom.